The Kier molecular flexibility index (Phi) is 4.54. The summed E-state index contributed by atoms with van der Waals surface area (Å²) in [4.78, 5) is 11.9. The van der Waals surface area contributed by atoms with Crippen LogP contribution in [0.25, 0.3) is 0 Å². The lowest BCUT2D eigenvalue weighted by Crippen LogP contribution is -2.45. The van der Waals surface area contributed by atoms with Crippen LogP contribution in [0.3, 0.4) is 0 Å². The van der Waals surface area contributed by atoms with Crippen molar-refractivity contribution in [3.8, 4) is 0 Å². The topological polar surface area (TPSA) is 55.1 Å². The van der Waals surface area contributed by atoms with E-state index in [0.717, 1.165) is 0 Å². The molecule has 0 radical (unpaired) electrons. The Hall–Kier alpha value is -1.59. The van der Waals surface area contributed by atoms with Crippen LogP contribution >= 0.6 is 27.5 Å². The van der Waals surface area contributed by atoms with Crippen LogP contribution in [0, 0.1) is 5.82 Å². The number of benzene rings is 2. The molecule has 1 unspecified atom stereocenters. The van der Waals surface area contributed by atoms with Crippen molar-refractivity contribution in [1.29, 1.82) is 0 Å². The van der Waals surface area contributed by atoms with E-state index in [-0.39, 0.29) is 5.56 Å². The molecule has 2 rings (SSSR count). The van der Waals surface area contributed by atoms with Crippen molar-refractivity contribution in [3.05, 3.63) is 63.3 Å². The standard InChI is InChI=1S/C15H13BrClFN2O/c1-15(14(19)21,12-8-9(16)2-7-13(12)18)20-11-5-3-10(17)4-6-11/h2-8,20H,1H3,(H2,19,21). The summed E-state index contributed by atoms with van der Waals surface area (Å²) in [7, 11) is 0. The largest absolute Gasteiger partial charge is 0.368 e. The van der Waals surface area contributed by atoms with Crippen molar-refractivity contribution in [2.24, 2.45) is 5.73 Å². The maximum atomic E-state index is 14.1. The maximum absolute atomic E-state index is 14.1. The third-order valence-electron chi connectivity index (χ3n) is 3.20. The Morgan fingerprint density at radius 1 is 1.29 bits per heavy atom. The lowest BCUT2D eigenvalue weighted by molar-refractivity contribution is -0.122. The molecule has 2 aromatic carbocycles. The fourth-order valence-corrected chi connectivity index (χ4v) is 2.45. The number of amides is 1. The molecule has 3 N–H and O–H groups in total. The second-order valence-electron chi connectivity index (χ2n) is 4.75. The SMILES string of the molecule is CC(Nc1ccc(Cl)cc1)(C(N)=O)c1cc(Br)ccc1F. The summed E-state index contributed by atoms with van der Waals surface area (Å²) >= 11 is 9.09. The number of primary amides is 1. The number of nitrogens with two attached hydrogens (primary N) is 1. The van der Waals surface area contributed by atoms with Gasteiger partial charge in [-0.25, -0.2) is 4.39 Å². The van der Waals surface area contributed by atoms with Crippen molar-refractivity contribution < 1.29 is 9.18 Å². The number of hydrogen-bond donors (Lipinski definition) is 2. The van der Waals surface area contributed by atoms with Gasteiger partial charge < -0.3 is 11.1 Å². The molecule has 2 aromatic rings. The van der Waals surface area contributed by atoms with E-state index in [1.54, 1.807) is 30.3 Å². The quantitative estimate of drug-likeness (QED) is 0.852. The number of hydrogen-bond acceptors (Lipinski definition) is 2. The first-order valence-corrected chi connectivity index (χ1v) is 7.29. The average Bonchev–Trinajstić information content (AvgIpc) is 2.43. The molecule has 21 heavy (non-hydrogen) atoms. The fourth-order valence-electron chi connectivity index (χ4n) is 1.96. The van der Waals surface area contributed by atoms with Crippen LogP contribution in [-0.2, 0) is 10.3 Å². The molecule has 0 aliphatic rings. The number of carbonyl (C=O) groups is 1. The van der Waals surface area contributed by atoms with Crippen molar-refractivity contribution in [2.45, 2.75) is 12.5 Å². The predicted molar refractivity (Wildman–Crippen MR) is 85.7 cm³/mol. The van der Waals surface area contributed by atoms with Gasteiger partial charge in [0.15, 0.2) is 0 Å². The van der Waals surface area contributed by atoms with E-state index in [1.807, 2.05) is 0 Å². The molecule has 0 aliphatic heterocycles. The monoisotopic (exact) mass is 370 g/mol. The van der Waals surface area contributed by atoms with Crippen LogP contribution in [0.5, 0.6) is 0 Å². The van der Waals surface area contributed by atoms with Gasteiger partial charge in [0.05, 0.1) is 0 Å². The van der Waals surface area contributed by atoms with Gasteiger partial charge in [0, 0.05) is 20.7 Å². The van der Waals surface area contributed by atoms with E-state index in [4.69, 9.17) is 17.3 Å². The van der Waals surface area contributed by atoms with Crippen LogP contribution in [0.1, 0.15) is 12.5 Å². The number of rotatable bonds is 4. The zero-order valence-electron chi connectivity index (χ0n) is 11.2. The summed E-state index contributed by atoms with van der Waals surface area (Å²) in [5.74, 6) is -1.20. The Balaban J connectivity index is 2.47. The normalized spacial score (nSPS) is 13.5. The number of anilines is 1. The van der Waals surface area contributed by atoms with Gasteiger partial charge in [0.1, 0.15) is 11.4 Å². The second-order valence-corrected chi connectivity index (χ2v) is 6.10. The molecular formula is C15H13BrClFN2O. The Morgan fingerprint density at radius 3 is 2.48 bits per heavy atom. The van der Waals surface area contributed by atoms with Gasteiger partial charge in [-0.2, -0.15) is 0 Å². The summed E-state index contributed by atoms with van der Waals surface area (Å²) in [6.45, 7) is 1.54. The minimum Gasteiger partial charge on any atom is -0.368 e. The highest BCUT2D eigenvalue weighted by atomic mass is 79.9. The van der Waals surface area contributed by atoms with Crippen LogP contribution < -0.4 is 11.1 Å². The zero-order chi connectivity index (χ0) is 15.6. The molecular weight excluding hydrogens is 359 g/mol. The van der Waals surface area contributed by atoms with Crippen molar-refractivity contribution in [3.63, 3.8) is 0 Å². The lowest BCUT2D eigenvalue weighted by atomic mass is 9.90. The molecule has 0 spiro atoms. The molecule has 0 aromatic heterocycles. The zero-order valence-corrected chi connectivity index (χ0v) is 13.5. The van der Waals surface area contributed by atoms with Crippen LogP contribution in [0.15, 0.2) is 46.9 Å². The number of halogens is 3. The van der Waals surface area contributed by atoms with Gasteiger partial charge in [-0.1, -0.05) is 27.5 Å². The highest BCUT2D eigenvalue weighted by molar-refractivity contribution is 9.10. The molecule has 0 heterocycles. The van der Waals surface area contributed by atoms with Crippen LogP contribution in [-0.4, -0.2) is 5.91 Å². The molecule has 0 bridgehead atoms. The Bertz CT molecular complexity index is 678. The minimum atomic E-state index is -1.39. The van der Waals surface area contributed by atoms with Crippen LogP contribution in [0.4, 0.5) is 10.1 Å². The molecule has 3 nitrogen and oxygen atoms in total. The lowest BCUT2D eigenvalue weighted by Gasteiger charge is -2.29. The van der Waals surface area contributed by atoms with E-state index in [1.165, 1.54) is 19.1 Å². The molecule has 110 valence electrons. The first-order chi connectivity index (χ1) is 9.83. The van der Waals surface area contributed by atoms with Gasteiger partial charge in [-0.05, 0) is 49.4 Å². The highest BCUT2D eigenvalue weighted by Crippen LogP contribution is 2.30. The molecule has 0 saturated carbocycles. The Labute approximate surface area is 135 Å². The van der Waals surface area contributed by atoms with E-state index in [0.29, 0.717) is 15.2 Å². The first kappa shape index (κ1) is 15.8. The van der Waals surface area contributed by atoms with Crippen molar-refractivity contribution in [1.82, 2.24) is 0 Å². The first-order valence-electron chi connectivity index (χ1n) is 6.12. The summed E-state index contributed by atoms with van der Waals surface area (Å²) in [6, 6.07) is 11.1. The average molecular weight is 372 g/mol. The van der Waals surface area contributed by atoms with E-state index < -0.39 is 17.3 Å². The van der Waals surface area contributed by atoms with Gasteiger partial charge >= 0.3 is 0 Å². The van der Waals surface area contributed by atoms with Crippen molar-refractivity contribution >= 4 is 39.1 Å². The number of nitrogens with one attached hydrogen (secondary N) is 1. The molecule has 6 heteroatoms. The molecule has 0 fully saturated rings. The van der Waals surface area contributed by atoms with Crippen molar-refractivity contribution in [2.75, 3.05) is 5.32 Å². The summed E-state index contributed by atoms with van der Waals surface area (Å²) in [5.41, 5.74) is 4.88. The van der Waals surface area contributed by atoms with Gasteiger partial charge in [0.2, 0.25) is 5.91 Å². The highest BCUT2D eigenvalue weighted by Gasteiger charge is 2.36. The van der Waals surface area contributed by atoms with E-state index in [2.05, 4.69) is 21.2 Å². The molecule has 1 amide bonds. The van der Waals surface area contributed by atoms with Gasteiger partial charge in [-0.3, -0.25) is 4.79 Å². The summed E-state index contributed by atoms with van der Waals surface area (Å²) in [5, 5.41) is 3.54. The predicted octanol–water partition coefficient (Wildman–Crippen LogP) is 4.05. The summed E-state index contributed by atoms with van der Waals surface area (Å²) in [6.07, 6.45) is 0. The molecule has 1 atom stereocenters. The minimum absolute atomic E-state index is 0.166. The fraction of sp³-hybridized carbons (Fsp3) is 0.133. The van der Waals surface area contributed by atoms with Crippen LogP contribution in [0.2, 0.25) is 5.02 Å². The molecule has 0 aliphatic carbocycles. The number of carbonyl (C=O) groups excluding carboxylic acids is 1. The second kappa shape index (κ2) is 6.03. The third kappa shape index (κ3) is 3.36. The molecule has 0 saturated heterocycles. The smallest absolute Gasteiger partial charge is 0.247 e. The summed E-state index contributed by atoms with van der Waals surface area (Å²) < 4.78 is 14.8. The maximum Gasteiger partial charge on any atom is 0.247 e. The van der Waals surface area contributed by atoms with Gasteiger partial charge in [-0.15, -0.1) is 0 Å². The van der Waals surface area contributed by atoms with E-state index in [9.17, 15) is 9.18 Å². The van der Waals surface area contributed by atoms with E-state index >= 15 is 0 Å². The Morgan fingerprint density at radius 2 is 1.90 bits per heavy atom. The van der Waals surface area contributed by atoms with Gasteiger partial charge in [0.25, 0.3) is 0 Å². The third-order valence-corrected chi connectivity index (χ3v) is 3.94.